The van der Waals surface area contributed by atoms with Crippen LogP contribution in [0.25, 0.3) is 11.4 Å². The molecular formula is C28H30N6O5. The molecule has 0 radical (unpaired) electrons. The van der Waals surface area contributed by atoms with Crippen LogP contribution in [0.5, 0.6) is 0 Å². The highest BCUT2D eigenvalue weighted by molar-refractivity contribution is 6.05. The molecule has 1 aromatic carbocycles. The maximum absolute atomic E-state index is 13.1. The Morgan fingerprint density at radius 3 is 2.62 bits per heavy atom. The van der Waals surface area contributed by atoms with Crippen LogP contribution in [-0.2, 0) is 28.3 Å². The Balaban J connectivity index is 1.16. The summed E-state index contributed by atoms with van der Waals surface area (Å²) >= 11 is 0. The average Bonchev–Trinajstić information content (AvgIpc) is 3.55. The van der Waals surface area contributed by atoms with Gasteiger partial charge in [0.25, 0.3) is 5.91 Å². The zero-order valence-electron chi connectivity index (χ0n) is 21.9. The molecule has 2 saturated heterocycles. The van der Waals surface area contributed by atoms with E-state index in [1.165, 1.54) is 11.3 Å². The molecule has 6 rings (SSSR count). The minimum absolute atomic E-state index is 0.177. The molecule has 2 atom stereocenters. The summed E-state index contributed by atoms with van der Waals surface area (Å²) in [5, 5.41) is 18.2. The van der Waals surface area contributed by atoms with Gasteiger partial charge in [0.2, 0.25) is 24.0 Å². The number of rotatable bonds is 5. The van der Waals surface area contributed by atoms with E-state index in [9.17, 15) is 19.5 Å². The quantitative estimate of drug-likeness (QED) is 0.474. The summed E-state index contributed by atoms with van der Waals surface area (Å²) in [6.45, 7) is 6.31. The number of likely N-dealkylation sites (tertiary alicyclic amines) is 1. The molecule has 2 aromatic heterocycles. The normalized spacial score (nSPS) is 25.1. The number of imide groups is 1. The predicted octanol–water partition coefficient (Wildman–Crippen LogP) is 2.01. The summed E-state index contributed by atoms with van der Waals surface area (Å²) in [4.78, 5) is 49.6. The van der Waals surface area contributed by atoms with Gasteiger partial charge < -0.3 is 14.5 Å². The second-order valence-electron chi connectivity index (χ2n) is 11.2. The Bertz CT molecular complexity index is 1440. The molecule has 0 unspecified atom stereocenters. The summed E-state index contributed by atoms with van der Waals surface area (Å²) in [6, 6.07) is 10.8. The number of aromatic nitrogens is 3. The molecule has 2 fully saturated rings. The third kappa shape index (κ3) is 4.41. The molecule has 3 aliphatic rings. The largest absolute Gasteiger partial charge is 0.383 e. The standard InChI is InChI=1S/C28H30N6O5/c1-27(2)15-33(13-17-3-5-18(6-4-17)24-29-16-39-32-24)12-11-28(27,38)22-9-7-19-20(30-22)14-34(26(19)37)21-8-10-23(35)31-25(21)36/h3-7,9,16,21,38H,8,10-15H2,1-2H3,(H,31,35,36)/t21-,28+/m0/s1. The van der Waals surface area contributed by atoms with Gasteiger partial charge in [0, 0.05) is 37.0 Å². The number of pyridine rings is 1. The summed E-state index contributed by atoms with van der Waals surface area (Å²) in [5.41, 5.74) is 1.84. The highest BCUT2D eigenvalue weighted by Gasteiger charge is 2.50. The summed E-state index contributed by atoms with van der Waals surface area (Å²) in [6.07, 6.45) is 2.28. The van der Waals surface area contributed by atoms with E-state index in [0.717, 1.165) is 17.7 Å². The van der Waals surface area contributed by atoms with E-state index in [-0.39, 0.29) is 24.8 Å². The van der Waals surface area contributed by atoms with Crippen molar-refractivity contribution in [1.82, 2.24) is 30.2 Å². The third-order valence-corrected chi connectivity index (χ3v) is 8.30. The number of piperidine rings is 2. The van der Waals surface area contributed by atoms with Crippen LogP contribution in [-0.4, -0.2) is 66.9 Å². The fourth-order valence-corrected chi connectivity index (χ4v) is 6.02. The second-order valence-corrected chi connectivity index (χ2v) is 11.2. The highest BCUT2D eigenvalue weighted by Crippen LogP contribution is 2.46. The van der Waals surface area contributed by atoms with Gasteiger partial charge in [0.15, 0.2) is 0 Å². The summed E-state index contributed by atoms with van der Waals surface area (Å²) < 4.78 is 4.83. The van der Waals surface area contributed by atoms with Crippen molar-refractivity contribution in [3.8, 4) is 11.4 Å². The first-order chi connectivity index (χ1) is 18.6. The molecule has 3 amide bonds. The lowest BCUT2D eigenvalue weighted by molar-refractivity contribution is -0.137. The van der Waals surface area contributed by atoms with Crippen LogP contribution < -0.4 is 5.32 Å². The number of carbonyl (C=O) groups is 3. The average molecular weight is 531 g/mol. The molecule has 0 bridgehead atoms. The summed E-state index contributed by atoms with van der Waals surface area (Å²) in [5.74, 6) is -0.499. The number of nitrogens with one attached hydrogen (secondary N) is 1. The van der Waals surface area contributed by atoms with E-state index in [0.29, 0.717) is 48.7 Å². The van der Waals surface area contributed by atoms with E-state index in [4.69, 9.17) is 9.51 Å². The van der Waals surface area contributed by atoms with Crippen molar-refractivity contribution >= 4 is 17.7 Å². The minimum Gasteiger partial charge on any atom is -0.383 e. The molecule has 39 heavy (non-hydrogen) atoms. The van der Waals surface area contributed by atoms with Crippen LogP contribution in [0.3, 0.4) is 0 Å². The molecule has 3 aromatic rings. The minimum atomic E-state index is -1.19. The molecule has 3 aliphatic heterocycles. The molecule has 5 heterocycles. The Kier molecular flexibility index (Phi) is 6.07. The van der Waals surface area contributed by atoms with Crippen molar-refractivity contribution in [1.29, 1.82) is 0 Å². The molecule has 202 valence electrons. The first-order valence-corrected chi connectivity index (χ1v) is 13.1. The van der Waals surface area contributed by atoms with Crippen molar-refractivity contribution in [2.24, 2.45) is 5.41 Å². The molecule has 0 aliphatic carbocycles. The fourth-order valence-electron chi connectivity index (χ4n) is 6.02. The van der Waals surface area contributed by atoms with E-state index >= 15 is 0 Å². The monoisotopic (exact) mass is 530 g/mol. The van der Waals surface area contributed by atoms with Gasteiger partial charge in [0.1, 0.15) is 11.6 Å². The van der Waals surface area contributed by atoms with Crippen molar-refractivity contribution in [2.75, 3.05) is 13.1 Å². The lowest BCUT2D eigenvalue weighted by Crippen LogP contribution is -2.55. The number of hydrogen-bond donors (Lipinski definition) is 2. The number of hydrogen-bond acceptors (Lipinski definition) is 9. The van der Waals surface area contributed by atoms with Crippen LogP contribution in [0.4, 0.5) is 0 Å². The Morgan fingerprint density at radius 2 is 1.92 bits per heavy atom. The topological polar surface area (TPSA) is 142 Å². The lowest BCUT2D eigenvalue weighted by atomic mass is 9.68. The molecule has 11 nitrogen and oxygen atoms in total. The van der Waals surface area contributed by atoms with Gasteiger partial charge >= 0.3 is 0 Å². The van der Waals surface area contributed by atoms with Crippen LogP contribution in [0.2, 0.25) is 0 Å². The SMILES string of the molecule is CC1(C)CN(Cc2ccc(-c3ncon3)cc2)CC[C@@]1(O)c1ccc2c(n1)CN([C@H]1CCC(=O)NC1=O)C2=O. The molecule has 0 saturated carbocycles. The van der Waals surface area contributed by atoms with Crippen LogP contribution in [0.1, 0.15) is 60.4 Å². The van der Waals surface area contributed by atoms with Gasteiger partial charge in [-0.15, -0.1) is 0 Å². The lowest BCUT2D eigenvalue weighted by Gasteiger charge is -2.50. The number of nitrogens with zero attached hydrogens (tertiary/aromatic N) is 5. The first kappa shape index (κ1) is 25.3. The third-order valence-electron chi connectivity index (χ3n) is 8.30. The molecular weight excluding hydrogens is 500 g/mol. The number of aliphatic hydroxyl groups is 1. The van der Waals surface area contributed by atoms with Crippen LogP contribution >= 0.6 is 0 Å². The van der Waals surface area contributed by atoms with Crippen LogP contribution in [0.15, 0.2) is 47.3 Å². The van der Waals surface area contributed by atoms with Gasteiger partial charge in [-0.25, -0.2) is 0 Å². The number of fused-ring (bicyclic) bond motifs is 1. The molecule has 11 heteroatoms. The number of carbonyl (C=O) groups excluding carboxylic acids is 3. The van der Waals surface area contributed by atoms with Crippen molar-refractivity contribution in [3.63, 3.8) is 0 Å². The second kappa shape index (κ2) is 9.35. The maximum atomic E-state index is 13.1. The number of benzene rings is 1. The number of amides is 3. The van der Waals surface area contributed by atoms with Gasteiger partial charge in [-0.3, -0.25) is 29.6 Å². The van der Waals surface area contributed by atoms with Gasteiger partial charge in [-0.2, -0.15) is 4.98 Å². The molecule has 0 spiro atoms. The molecule has 2 N–H and O–H groups in total. The van der Waals surface area contributed by atoms with Gasteiger partial charge in [-0.1, -0.05) is 43.3 Å². The Morgan fingerprint density at radius 1 is 1.13 bits per heavy atom. The van der Waals surface area contributed by atoms with Gasteiger partial charge in [-0.05, 0) is 30.5 Å². The highest BCUT2D eigenvalue weighted by atomic mass is 16.5. The van der Waals surface area contributed by atoms with Crippen LogP contribution in [0, 0.1) is 5.41 Å². The predicted molar refractivity (Wildman–Crippen MR) is 138 cm³/mol. The van der Waals surface area contributed by atoms with E-state index in [2.05, 4.69) is 20.4 Å². The summed E-state index contributed by atoms with van der Waals surface area (Å²) in [7, 11) is 0. The van der Waals surface area contributed by atoms with E-state index in [1.807, 2.05) is 38.1 Å². The van der Waals surface area contributed by atoms with E-state index in [1.54, 1.807) is 12.1 Å². The zero-order valence-corrected chi connectivity index (χ0v) is 21.9. The van der Waals surface area contributed by atoms with Crippen molar-refractivity contribution < 1.29 is 24.0 Å². The Labute approximate surface area is 225 Å². The zero-order chi connectivity index (χ0) is 27.4. The Hall–Kier alpha value is -3.96. The smallest absolute Gasteiger partial charge is 0.256 e. The first-order valence-electron chi connectivity index (χ1n) is 13.1. The van der Waals surface area contributed by atoms with Gasteiger partial charge in [0.05, 0.1) is 23.5 Å². The van der Waals surface area contributed by atoms with Crippen molar-refractivity contribution in [3.05, 3.63) is 65.3 Å². The fraction of sp³-hybridized carbons (Fsp3) is 0.429. The van der Waals surface area contributed by atoms with E-state index < -0.39 is 23.0 Å². The maximum Gasteiger partial charge on any atom is 0.256 e. The van der Waals surface area contributed by atoms with Crippen molar-refractivity contribution in [2.45, 2.75) is 57.8 Å².